The molecule has 0 unspecified atom stereocenters. The molecule has 4 aliphatic rings. The number of amides is 1. The molecule has 1 spiro atoms. The highest BCUT2D eigenvalue weighted by molar-refractivity contribution is 5.78. The highest BCUT2D eigenvalue weighted by Gasteiger charge is 2.66. The van der Waals surface area contributed by atoms with Crippen LogP contribution in [0.4, 0.5) is 0 Å². The van der Waals surface area contributed by atoms with Gasteiger partial charge in [-0.3, -0.25) is 9.69 Å². The Morgan fingerprint density at radius 3 is 2.40 bits per heavy atom. The second-order valence-corrected chi connectivity index (χ2v) is 10.2. The Morgan fingerprint density at radius 2 is 1.80 bits per heavy atom. The van der Waals surface area contributed by atoms with Crippen LogP contribution in [-0.2, 0) is 4.79 Å². The molecule has 1 amide bonds. The van der Waals surface area contributed by atoms with E-state index in [0.717, 1.165) is 32.0 Å². The van der Waals surface area contributed by atoms with Gasteiger partial charge in [0.25, 0.3) is 0 Å². The van der Waals surface area contributed by atoms with Crippen LogP contribution < -0.4 is 0 Å². The van der Waals surface area contributed by atoms with Crippen molar-refractivity contribution >= 4 is 12.0 Å². The minimum absolute atomic E-state index is 0.0251. The van der Waals surface area contributed by atoms with Crippen molar-refractivity contribution in [2.75, 3.05) is 26.2 Å². The summed E-state index contributed by atoms with van der Waals surface area (Å²) in [5.74, 6) is 2.06. The van der Waals surface area contributed by atoms with E-state index in [1.54, 1.807) is 0 Å². The monoisotopic (exact) mass is 408 g/mol. The van der Waals surface area contributed by atoms with E-state index >= 15 is 0 Å². The van der Waals surface area contributed by atoms with Gasteiger partial charge in [-0.1, -0.05) is 49.3 Å². The van der Waals surface area contributed by atoms with Crippen LogP contribution in [0.3, 0.4) is 0 Å². The van der Waals surface area contributed by atoms with E-state index in [-0.39, 0.29) is 18.2 Å². The van der Waals surface area contributed by atoms with E-state index in [4.69, 9.17) is 0 Å². The summed E-state index contributed by atoms with van der Waals surface area (Å²) >= 11 is 0. The van der Waals surface area contributed by atoms with Crippen molar-refractivity contribution in [3.05, 3.63) is 41.5 Å². The molecular weight excluding hydrogens is 372 g/mol. The van der Waals surface area contributed by atoms with Gasteiger partial charge in [0.15, 0.2) is 0 Å². The minimum Gasteiger partial charge on any atom is -0.395 e. The lowest BCUT2D eigenvalue weighted by molar-refractivity contribution is -0.199. The Hall–Kier alpha value is -1.65. The molecule has 2 saturated heterocycles. The van der Waals surface area contributed by atoms with Crippen LogP contribution >= 0.6 is 0 Å². The average molecular weight is 409 g/mol. The summed E-state index contributed by atoms with van der Waals surface area (Å²) in [6.45, 7) is 5.00. The molecule has 4 fully saturated rings. The standard InChI is InChI=1S/C26H36N2O2/c1-2-5-19-10-12-22(13-11-19)25-23(16-29)28(15-21-6-3-4-7-21)26(25)17-27(18-26)24(30)14-20-8-9-20/h2,5,10-13,20-21,23,25,29H,3-4,6-9,14-18H2,1H3/b5-2+/t23-,25+/m1/s1. The first kappa shape index (κ1) is 20.3. The van der Waals surface area contributed by atoms with Crippen LogP contribution in [-0.4, -0.2) is 58.6 Å². The van der Waals surface area contributed by atoms with Gasteiger partial charge in [0.1, 0.15) is 0 Å². The van der Waals surface area contributed by atoms with Gasteiger partial charge in [-0.15, -0.1) is 0 Å². The summed E-state index contributed by atoms with van der Waals surface area (Å²) in [5.41, 5.74) is 2.56. The first-order valence-electron chi connectivity index (χ1n) is 12.0. The summed E-state index contributed by atoms with van der Waals surface area (Å²) in [6.07, 6.45) is 12.7. The molecule has 30 heavy (non-hydrogen) atoms. The van der Waals surface area contributed by atoms with Crippen molar-refractivity contribution in [1.29, 1.82) is 0 Å². The first-order chi connectivity index (χ1) is 14.6. The SMILES string of the molecule is C/C=C/c1ccc([C@H]2[C@@H](CO)N(CC3CCCC3)C23CN(C(=O)CC2CC2)C3)cc1. The van der Waals surface area contributed by atoms with Crippen molar-refractivity contribution in [2.24, 2.45) is 11.8 Å². The quantitative estimate of drug-likeness (QED) is 0.740. The number of aliphatic hydroxyl groups excluding tert-OH is 1. The Kier molecular flexibility index (Phi) is 5.49. The van der Waals surface area contributed by atoms with Crippen LogP contribution in [0.1, 0.15) is 68.9 Å². The van der Waals surface area contributed by atoms with Gasteiger partial charge < -0.3 is 10.0 Å². The van der Waals surface area contributed by atoms with E-state index < -0.39 is 0 Å². The molecule has 2 aliphatic heterocycles. The maximum atomic E-state index is 12.7. The molecular formula is C26H36N2O2. The highest BCUT2D eigenvalue weighted by Crippen LogP contribution is 2.55. The van der Waals surface area contributed by atoms with Crippen molar-refractivity contribution in [3.8, 4) is 0 Å². The summed E-state index contributed by atoms with van der Waals surface area (Å²) in [5, 5.41) is 10.3. The summed E-state index contributed by atoms with van der Waals surface area (Å²) in [6, 6.07) is 9.04. The highest BCUT2D eigenvalue weighted by atomic mass is 16.3. The van der Waals surface area contributed by atoms with Gasteiger partial charge in [-0.2, -0.15) is 0 Å². The van der Waals surface area contributed by atoms with Crippen molar-refractivity contribution < 1.29 is 9.90 Å². The summed E-state index contributed by atoms with van der Waals surface area (Å²) < 4.78 is 0. The third-order valence-corrected chi connectivity index (χ3v) is 8.15. The molecule has 4 nitrogen and oxygen atoms in total. The number of allylic oxidation sites excluding steroid dienone is 1. The third kappa shape index (κ3) is 3.52. The van der Waals surface area contributed by atoms with E-state index in [9.17, 15) is 9.90 Å². The fourth-order valence-electron chi connectivity index (χ4n) is 6.36. The van der Waals surface area contributed by atoms with Crippen LogP contribution in [0.5, 0.6) is 0 Å². The largest absolute Gasteiger partial charge is 0.395 e. The van der Waals surface area contributed by atoms with Crippen molar-refractivity contribution in [3.63, 3.8) is 0 Å². The smallest absolute Gasteiger partial charge is 0.222 e. The maximum absolute atomic E-state index is 12.7. The van der Waals surface area contributed by atoms with Gasteiger partial charge in [0.05, 0.1) is 12.1 Å². The first-order valence-corrected chi connectivity index (χ1v) is 12.0. The number of hydrogen-bond acceptors (Lipinski definition) is 3. The van der Waals surface area contributed by atoms with Crippen molar-refractivity contribution in [2.45, 2.75) is 69.4 Å². The number of hydrogen-bond donors (Lipinski definition) is 1. The van der Waals surface area contributed by atoms with Crippen LogP contribution in [0, 0.1) is 11.8 Å². The Balaban J connectivity index is 1.37. The van der Waals surface area contributed by atoms with E-state index in [0.29, 0.717) is 17.7 Å². The molecule has 162 valence electrons. The van der Waals surface area contributed by atoms with Crippen molar-refractivity contribution in [1.82, 2.24) is 9.80 Å². The molecule has 2 heterocycles. The lowest BCUT2D eigenvalue weighted by atomic mass is 9.60. The normalized spacial score (nSPS) is 28.8. The molecule has 4 heteroatoms. The number of carbonyl (C=O) groups excluding carboxylic acids is 1. The molecule has 2 atom stereocenters. The Morgan fingerprint density at radius 1 is 1.10 bits per heavy atom. The Labute approximate surface area is 180 Å². The predicted octanol–water partition coefficient (Wildman–Crippen LogP) is 4.05. The van der Waals surface area contributed by atoms with Gasteiger partial charge in [-0.05, 0) is 55.6 Å². The molecule has 2 aliphatic carbocycles. The third-order valence-electron chi connectivity index (χ3n) is 8.15. The topological polar surface area (TPSA) is 43.8 Å². The number of rotatable bonds is 7. The summed E-state index contributed by atoms with van der Waals surface area (Å²) in [7, 11) is 0. The number of nitrogens with zero attached hydrogens (tertiary/aromatic N) is 2. The van der Waals surface area contributed by atoms with E-state index in [1.807, 2.05) is 6.92 Å². The molecule has 1 aromatic carbocycles. The molecule has 0 aromatic heterocycles. The zero-order chi connectivity index (χ0) is 20.7. The number of benzene rings is 1. The van der Waals surface area contributed by atoms with E-state index in [2.05, 4.69) is 46.2 Å². The number of likely N-dealkylation sites (tertiary alicyclic amines) is 2. The predicted molar refractivity (Wildman–Crippen MR) is 120 cm³/mol. The second-order valence-electron chi connectivity index (χ2n) is 10.2. The zero-order valence-electron chi connectivity index (χ0n) is 18.3. The molecule has 5 rings (SSSR count). The number of carbonyl (C=O) groups is 1. The molecule has 0 radical (unpaired) electrons. The second kappa shape index (κ2) is 8.12. The van der Waals surface area contributed by atoms with Gasteiger partial charge in [0.2, 0.25) is 5.91 Å². The molecule has 1 N–H and O–H groups in total. The zero-order valence-corrected chi connectivity index (χ0v) is 18.3. The lowest BCUT2D eigenvalue weighted by Gasteiger charge is -2.71. The number of aliphatic hydroxyl groups is 1. The Bertz CT molecular complexity index is 786. The molecule has 1 aromatic rings. The van der Waals surface area contributed by atoms with Crippen LogP contribution in [0.15, 0.2) is 30.3 Å². The van der Waals surface area contributed by atoms with Gasteiger partial charge in [0, 0.05) is 38.0 Å². The maximum Gasteiger partial charge on any atom is 0.222 e. The van der Waals surface area contributed by atoms with Crippen LogP contribution in [0.2, 0.25) is 0 Å². The van der Waals surface area contributed by atoms with Crippen LogP contribution in [0.25, 0.3) is 6.08 Å². The minimum atomic E-state index is 0.0251. The van der Waals surface area contributed by atoms with E-state index in [1.165, 1.54) is 49.7 Å². The fourth-order valence-corrected chi connectivity index (χ4v) is 6.36. The lowest BCUT2D eigenvalue weighted by Crippen LogP contribution is -2.85. The van der Waals surface area contributed by atoms with Gasteiger partial charge in [-0.25, -0.2) is 0 Å². The fraction of sp³-hybridized carbons (Fsp3) is 0.654. The van der Waals surface area contributed by atoms with Gasteiger partial charge >= 0.3 is 0 Å². The molecule has 2 saturated carbocycles. The molecule has 0 bridgehead atoms. The summed E-state index contributed by atoms with van der Waals surface area (Å²) in [4.78, 5) is 17.4. The average Bonchev–Trinajstić information content (AvgIpc) is 3.36.